The van der Waals surface area contributed by atoms with Gasteiger partial charge in [-0.15, -0.1) is 6.58 Å². The molecule has 5 rings (SSSR count). The first-order valence-corrected chi connectivity index (χ1v) is 42.2. The Morgan fingerprint density at radius 2 is 0.765 bits per heavy atom. The summed E-state index contributed by atoms with van der Waals surface area (Å²) in [6.45, 7) is 79.8. The number of aliphatic hydroxyl groups excluding tert-OH is 1. The van der Waals surface area contributed by atoms with Gasteiger partial charge in [0.05, 0.1) is 36.9 Å². The Morgan fingerprint density at radius 1 is 0.422 bits per heavy atom. The predicted octanol–water partition coefficient (Wildman–Crippen LogP) is 25.8. The number of Topliss-reactive ketones (excluding diaryl/α,β-unsaturated/α-hetero) is 1. The number of fused-ring (bicyclic) bond motifs is 3. The molecule has 0 atom stereocenters. The van der Waals surface area contributed by atoms with E-state index in [4.69, 9.17) is 24.1 Å². The highest BCUT2D eigenvalue weighted by Crippen LogP contribution is 2.44. The minimum absolute atomic E-state index is 0.00116. The van der Waals surface area contributed by atoms with Crippen molar-refractivity contribution in [2.24, 2.45) is 76.9 Å². The van der Waals surface area contributed by atoms with E-state index in [0.29, 0.717) is 38.3 Å². The second kappa shape index (κ2) is 68.2. The smallest absolute Gasteiger partial charge is 0.308 e. The monoisotopic (exact) mass is 1440 g/mol. The average molecular weight is 1440 g/mol. The molecular formula is C91H160O10Si. The molecule has 0 unspecified atom stereocenters. The number of aliphatic hydroxyl groups is 1. The summed E-state index contributed by atoms with van der Waals surface area (Å²) in [5.41, 5.74) is 8.39. The van der Waals surface area contributed by atoms with E-state index in [1.165, 1.54) is 46.7 Å². The number of hydrogen-bond acceptors (Lipinski definition) is 10. The number of ether oxygens (including phenoxy) is 4. The molecule has 0 saturated heterocycles. The van der Waals surface area contributed by atoms with Gasteiger partial charge in [0.2, 0.25) is 0 Å². The van der Waals surface area contributed by atoms with E-state index >= 15 is 0 Å². The van der Waals surface area contributed by atoms with Crippen LogP contribution >= 0.6 is 0 Å². The van der Waals surface area contributed by atoms with Crippen molar-refractivity contribution >= 4 is 37.7 Å². The highest BCUT2D eigenvalue weighted by Gasteiger charge is 2.29. The summed E-state index contributed by atoms with van der Waals surface area (Å²) in [7, 11) is -0.720. The van der Waals surface area contributed by atoms with E-state index < -0.39 is 8.07 Å². The lowest BCUT2D eigenvalue weighted by Gasteiger charge is -2.17. The Hall–Kier alpha value is -5.91. The SMILES string of the molecule is C=CCC(C)C.C=CCOC(=O)C(C)C.CC(=O)C(C)C.CC(C)C.CC(C)C.CC(C)C(=O)OCC1c2ccccc2-c2ccccc21.CC(C)C(=O)OCc1ccccc1.CC(C)COC(=O)C(C)C.CC(C)C[Si](C)(C)C.CC(C)Cc1ccc(CO)cc1.CCC(C)C.CCC(C)C. The van der Waals surface area contributed by atoms with Crippen LogP contribution < -0.4 is 0 Å². The number of allylic oxidation sites excluding steroid dienone is 1. The van der Waals surface area contributed by atoms with Gasteiger partial charge < -0.3 is 24.1 Å². The molecule has 102 heavy (non-hydrogen) atoms. The van der Waals surface area contributed by atoms with Gasteiger partial charge in [-0.2, -0.15) is 0 Å². The summed E-state index contributed by atoms with van der Waals surface area (Å²) in [6, 6.07) is 36.0. The Labute approximate surface area is 631 Å². The van der Waals surface area contributed by atoms with Gasteiger partial charge >= 0.3 is 23.9 Å². The minimum atomic E-state index is -0.720. The summed E-state index contributed by atoms with van der Waals surface area (Å²) in [6.07, 6.45) is 8.37. The first-order valence-electron chi connectivity index (χ1n) is 38.5. The molecule has 0 radical (unpaired) electrons. The molecule has 11 heteroatoms. The first kappa shape index (κ1) is 109. The van der Waals surface area contributed by atoms with Gasteiger partial charge in [-0.05, 0) is 106 Å². The molecule has 1 aliphatic rings. The van der Waals surface area contributed by atoms with Gasteiger partial charge in [-0.3, -0.25) is 24.0 Å². The summed E-state index contributed by atoms with van der Waals surface area (Å²) >= 11 is 0. The second-order valence-electron chi connectivity index (χ2n) is 32.5. The Balaban J connectivity index is -0.000000200. The minimum Gasteiger partial charge on any atom is -0.465 e. The highest BCUT2D eigenvalue weighted by molar-refractivity contribution is 6.76. The summed E-state index contributed by atoms with van der Waals surface area (Å²) in [5.74, 6) is 6.15. The number of esters is 4. The predicted molar refractivity (Wildman–Crippen MR) is 448 cm³/mol. The van der Waals surface area contributed by atoms with E-state index in [1.807, 2.05) is 130 Å². The van der Waals surface area contributed by atoms with Crippen molar-refractivity contribution in [1.29, 1.82) is 0 Å². The Kier molecular flexibility index (Phi) is 73.2. The van der Waals surface area contributed by atoms with Crippen LogP contribution in [0.1, 0.15) is 268 Å². The van der Waals surface area contributed by atoms with E-state index in [1.54, 1.807) is 26.8 Å². The maximum atomic E-state index is 11.7. The molecule has 4 aromatic carbocycles. The van der Waals surface area contributed by atoms with Gasteiger partial charge in [-0.1, -0.05) is 368 Å². The molecule has 0 amide bonds. The normalized spacial score (nSPS) is 10.7. The topological polar surface area (TPSA) is 142 Å². The first-order chi connectivity index (χ1) is 47.2. The molecular weight excluding hydrogens is 1280 g/mol. The molecule has 1 N–H and O–H groups in total. The largest absolute Gasteiger partial charge is 0.465 e. The summed E-state index contributed by atoms with van der Waals surface area (Å²) < 4.78 is 20.1. The third kappa shape index (κ3) is 76.7. The van der Waals surface area contributed by atoms with Crippen LogP contribution in [-0.4, -0.2) is 62.7 Å². The summed E-state index contributed by atoms with van der Waals surface area (Å²) in [4.78, 5) is 54.4. The number of rotatable bonds is 22. The van der Waals surface area contributed by atoms with E-state index in [-0.39, 0.29) is 71.8 Å². The molecule has 10 nitrogen and oxygen atoms in total. The fraction of sp³-hybridized carbons (Fsp3) is 0.637. The van der Waals surface area contributed by atoms with Gasteiger partial charge in [0.25, 0.3) is 0 Å². The fourth-order valence-corrected chi connectivity index (χ4v) is 9.65. The fourth-order valence-electron chi connectivity index (χ4n) is 7.20. The lowest BCUT2D eigenvalue weighted by atomic mass is 9.98. The van der Waals surface area contributed by atoms with Crippen molar-refractivity contribution in [3.05, 3.63) is 156 Å². The van der Waals surface area contributed by atoms with Crippen LogP contribution in [0.25, 0.3) is 11.1 Å². The third-order valence-electron chi connectivity index (χ3n) is 13.3. The van der Waals surface area contributed by atoms with Crippen molar-refractivity contribution in [3.8, 4) is 11.1 Å². The Morgan fingerprint density at radius 3 is 1.04 bits per heavy atom. The molecule has 0 aliphatic heterocycles. The van der Waals surface area contributed by atoms with E-state index in [9.17, 15) is 24.0 Å². The van der Waals surface area contributed by atoms with Crippen LogP contribution in [0.3, 0.4) is 0 Å². The van der Waals surface area contributed by atoms with Crippen LogP contribution in [0.2, 0.25) is 25.7 Å². The zero-order valence-electron chi connectivity index (χ0n) is 72.2. The second-order valence-corrected chi connectivity index (χ2v) is 38.0. The maximum Gasteiger partial charge on any atom is 0.308 e. The molecule has 588 valence electrons. The highest BCUT2D eigenvalue weighted by atomic mass is 28.3. The molecule has 0 heterocycles. The number of carbonyl (C=O) groups excluding carboxylic acids is 5. The van der Waals surface area contributed by atoms with Gasteiger partial charge in [0.1, 0.15) is 25.6 Å². The molecule has 4 aromatic rings. The van der Waals surface area contributed by atoms with Crippen molar-refractivity contribution in [3.63, 3.8) is 0 Å². The van der Waals surface area contributed by atoms with Crippen molar-refractivity contribution in [2.75, 3.05) is 19.8 Å². The Bertz CT molecular complexity index is 2570. The molecule has 1 aliphatic carbocycles. The molecule has 0 spiro atoms. The van der Waals surface area contributed by atoms with Crippen LogP contribution in [0, 0.1) is 76.9 Å². The van der Waals surface area contributed by atoms with E-state index in [0.717, 1.165) is 59.5 Å². The number of benzene rings is 4. The van der Waals surface area contributed by atoms with Crippen LogP contribution in [-0.2, 0) is 62.6 Å². The number of ketones is 1. The van der Waals surface area contributed by atoms with Gasteiger partial charge in [-0.25, -0.2) is 0 Å². The zero-order valence-corrected chi connectivity index (χ0v) is 73.2. The van der Waals surface area contributed by atoms with Crippen LogP contribution in [0.15, 0.2) is 128 Å². The average Bonchev–Trinajstić information content (AvgIpc) is 1.62. The number of hydrogen-bond donors (Lipinski definition) is 1. The van der Waals surface area contributed by atoms with Crippen LogP contribution in [0.4, 0.5) is 0 Å². The van der Waals surface area contributed by atoms with Crippen molar-refractivity contribution < 1.29 is 48.0 Å². The zero-order chi connectivity index (χ0) is 80.8. The number of carbonyl (C=O) groups is 5. The van der Waals surface area contributed by atoms with Crippen molar-refractivity contribution in [1.82, 2.24) is 0 Å². The van der Waals surface area contributed by atoms with E-state index in [2.05, 4.69) is 206 Å². The van der Waals surface area contributed by atoms with Crippen LogP contribution in [0.5, 0.6) is 0 Å². The van der Waals surface area contributed by atoms with Crippen molar-refractivity contribution in [2.45, 2.75) is 285 Å². The lowest BCUT2D eigenvalue weighted by molar-refractivity contribution is -0.149. The molecule has 0 aromatic heterocycles. The maximum absolute atomic E-state index is 11.7. The molecule has 0 fully saturated rings. The molecule has 0 saturated carbocycles. The van der Waals surface area contributed by atoms with Gasteiger partial charge in [0.15, 0.2) is 0 Å². The standard InChI is InChI=1S/C18H18O2.C11H14O2.C11H16O.C8H16O2.C7H12O2.C7H18Si.C6H12.C5H10O.2C5H12.2C4H10/c1-12(2)18(19)20-11-17-15-9-5-3-7-13(15)14-8-4-6-10-16(14)17;1-9(2)11(12)13-8-10-6-4-3-5-7-10;1-9(2)7-10-3-5-11(8-12)6-4-10;1-6(2)5-10-8(9)7(3)4;1-4-5-9-7(8)6(2)3;1-7(2)6-8(3,4)5;1-4-5-6(2)3;1-4(2)5(3)6;2*1-4-5(2)3;2*1-4(2)3/h3-10,12,17H,11H2,1-2H3;3-7,9H,8H2,1-2H3;3-6,9,12H,7-8H2,1-2H3;6-7H,5H2,1-4H3;4,6H,1,5H2,2-3H3;7H,6H2,1-5H3;4,6H,1,5H2,2-3H3;4H,1-3H3;2*5H,4H2,1-3H3;2*4H,1-3H3. The summed E-state index contributed by atoms with van der Waals surface area (Å²) in [5, 5.41) is 8.81. The quantitative estimate of drug-likeness (QED) is 0.0350. The van der Waals surface area contributed by atoms with Gasteiger partial charge in [0, 0.05) is 19.9 Å². The molecule has 0 bridgehead atoms. The third-order valence-corrected chi connectivity index (χ3v) is 15.4. The lowest BCUT2D eigenvalue weighted by Crippen LogP contribution is -2.21.